The highest BCUT2D eigenvalue weighted by Crippen LogP contribution is 2.37. The van der Waals surface area contributed by atoms with Crippen LogP contribution < -0.4 is 14.8 Å². The van der Waals surface area contributed by atoms with Crippen molar-refractivity contribution in [3.8, 4) is 11.5 Å². The molecule has 0 radical (unpaired) electrons. The topological polar surface area (TPSA) is 81.7 Å². The highest BCUT2D eigenvalue weighted by Gasteiger charge is 2.29. The molecule has 0 aliphatic carbocycles. The third-order valence-electron chi connectivity index (χ3n) is 3.59. The summed E-state index contributed by atoms with van der Waals surface area (Å²) in [5, 5.41) is 3.03. The summed E-state index contributed by atoms with van der Waals surface area (Å²) in [5.74, 6) is 0.528. The van der Waals surface area contributed by atoms with E-state index < -0.39 is 9.84 Å². The Bertz CT molecular complexity index is 705. The minimum atomic E-state index is -3.05. The van der Waals surface area contributed by atoms with E-state index in [2.05, 4.69) is 5.32 Å². The number of benzene rings is 1. The standard InChI is InChI=1S/C16H22ClNO5S/c1-3-6-23-15-13(17)8-11(9-14(15)22-4-2)16(19)18-12-5-7-24(20,21)10-12/h8-9,12H,3-7,10H2,1-2H3,(H,18,19). The summed E-state index contributed by atoms with van der Waals surface area (Å²) in [6.45, 7) is 4.70. The Morgan fingerprint density at radius 3 is 2.67 bits per heavy atom. The third-order valence-corrected chi connectivity index (χ3v) is 5.64. The molecule has 1 aromatic carbocycles. The average molecular weight is 376 g/mol. The summed E-state index contributed by atoms with van der Waals surface area (Å²) in [4.78, 5) is 12.4. The first kappa shape index (κ1) is 18.9. The zero-order chi connectivity index (χ0) is 17.7. The molecule has 1 unspecified atom stereocenters. The second-order valence-corrected chi connectivity index (χ2v) is 8.28. The van der Waals surface area contributed by atoms with E-state index in [0.29, 0.717) is 41.7 Å². The van der Waals surface area contributed by atoms with Crippen molar-refractivity contribution in [1.29, 1.82) is 0 Å². The first-order chi connectivity index (χ1) is 11.4. The van der Waals surface area contributed by atoms with Gasteiger partial charge < -0.3 is 14.8 Å². The number of ether oxygens (including phenoxy) is 2. The summed E-state index contributed by atoms with van der Waals surface area (Å²) < 4.78 is 34.1. The normalized spacial score (nSPS) is 19.0. The molecule has 1 fully saturated rings. The summed E-state index contributed by atoms with van der Waals surface area (Å²) in [7, 11) is -3.05. The van der Waals surface area contributed by atoms with Crippen molar-refractivity contribution in [2.24, 2.45) is 0 Å². The monoisotopic (exact) mass is 375 g/mol. The molecule has 1 amide bonds. The number of halogens is 1. The van der Waals surface area contributed by atoms with E-state index in [1.54, 1.807) is 6.07 Å². The first-order valence-corrected chi connectivity index (χ1v) is 10.2. The second kappa shape index (κ2) is 8.07. The van der Waals surface area contributed by atoms with Crippen molar-refractivity contribution >= 4 is 27.3 Å². The van der Waals surface area contributed by atoms with Crippen molar-refractivity contribution in [1.82, 2.24) is 5.32 Å². The minimum absolute atomic E-state index is 0.0253. The molecule has 134 valence electrons. The number of carbonyl (C=O) groups is 1. The lowest BCUT2D eigenvalue weighted by molar-refractivity contribution is 0.0940. The fourth-order valence-corrected chi connectivity index (χ4v) is 4.42. The predicted molar refractivity (Wildman–Crippen MR) is 92.9 cm³/mol. The molecule has 24 heavy (non-hydrogen) atoms. The SMILES string of the molecule is CCCOc1c(Cl)cc(C(=O)NC2CCS(=O)(=O)C2)cc1OCC. The first-order valence-electron chi connectivity index (χ1n) is 7.96. The van der Waals surface area contributed by atoms with Crippen molar-refractivity contribution in [3.05, 3.63) is 22.7 Å². The number of amides is 1. The van der Waals surface area contributed by atoms with Crippen LogP contribution in [0.3, 0.4) is 0 Å². The lowest BCUT2D eigenvalue weighted by Gasteiger charge is -2.16. The van der Waals surface area contributed by atoms with Crippen molar-refractivity contribution in [3.63, 3.8) is 0 Å². The Morgan fingerprint density at radius 2 is 2.08 bits per heavy atom. The van der Waals surface area contributed by atoms with Gasteiger partial charge in [-0.3, -0.25) is 4.79 Å². The number of carbonyl (C=O) groups excluding carboxylic acids is 1. The molecule has 1 aliphatic heterocycles. The maximum Gasteiger partial charge on any atom is 0.251 e. The van der Waals surface area contributed by atoms with Gasteiger partial charge in [0.2, 0.25) is 0 Å². The van der Waals surface area contributed by atoms with E-state index in [9.17, 15) is 13.2 Å². The number of rotatable bonds is 7. The molecular formula is C16H22ClNO5S. The number of hydrogen-bond donors (Lipinski definition) is 1. The summed E-state index contributed by atoms with van der Waals surface area (Å²) in [6.07, 6.45) is 1.25. The van der Waals surface area contributed by atoms with Crippen molar-refractivity contribution < 1.29 is 22.7 Å². The Hall–Kier alpha value is -1.47. The van der Waals surface area contributed by atoms with Crippen LogP contribution >= 0.6 is 11.6 Å². The van der Waals surface area contributed by atoms with Crippen LogP contribution in [0.5, 0.6) is 11.5 Å². The van der Waals surface area contributed by atoms with Crippen LogP contribution in [0.25, 0.3) is 0 Å². The van der Waals surface area contributed by atoms with Crippen LogP contribution in [-0.4, -0.2) is 45.1 Å². The van der Waals surface area contributed by atoms with Crippen LogP contribution in [0.4, 0.5) is 0 Å². The van der Waals surface area contributed by atoms with Gasteiger partial charge in [-0.05, 0) is 31.9 Å². The zero-order valence-corrected chi connectivity index (χ0v) is 15.4. The van der Waals surface area contributed by atoms with E-state index in [1.807, 2.05) is 13.8 Å². The van der Waals surface area contributed by atoms with E-state index in [0.717, 1.165) is 6.42 Å². The molecule has 2 rings (SSSR count). The van der Waals surface area contributed by atoms with Gasteiger partial charge >= 0.3 is 0 Å². The Balaban J connectivity index is 2.18. The lowest BCUT2D eigenvalue weighted by atomic mass is 10.1. The van der Waals surface area contributed by atoms with Crippen LogP contribution in [-0.2, 0) is 9.84 Å². The van der Waals surface area contributed by atoms with E-state index >= 15 is 0 Å². The maximum atomic E-state index is 12.4. The largest absolute Gasteiger partial charge is 0.490 e. The smallest absolute Gasteiger partial charge is 0.251 e. The minimum Gasteiger partial charge on any atom is -0.490 e. The van der Waals surface area contributed by atoms with Gasteiger partial charge in [-0.1, -0.05) is 18.5 Å². The Morgan fingerprint density at radius 1 is 1.33 bits per heavy atom. The van der Waals surface area contributed by atoms with Crippen LogP contribution in [0, 0.1) is 0 Å². The van der Waals surface area contributed by atoms with Gasteiger partial charge in [0, 0.05) is 11.6 Å². The zero-order valence-electron chi connectivity index (χ0n) is 13.8. The van der Waals surface area contributed by atoms with Crippen LogP contribution in [0.15, 0.2) is 12.1 Å². The summed E-state index contributed by atoms with van der Waals surface area (Å²) >= 11 is 6.23. The van der Waals surface area contributed by atoms with Gasteiger partial charge in [-0.2, -0.15) is 0 Å². The molecule has 1 atom stereocenters. The molecule has 0 saturated carbocycles. The van der Waals surface area contributed by atoms with E-state index in [4.69, 9.17) is 21.1 Å². The fraction of sp³-hybridized carbons (Fsp3) is 0.562. The quantitative estimate of drug-likeness (QED) is 0.791. The molecule has 8 heteroatoms. The third kappa shape index (κ3) is 4.77. The average Bonchev–Trinajstić information content (AvgIpc) is 2.85. The molecule has 6 nitrogen and oxygen atoms in total. The van der Waals surface area contributed by atoms with Gasteiger partial charge in [0.05, 0.1) is 29.7 Å². The number of nitrogens with one attached hydrogen (secondary N) is 1. The molecule has 0 spiro atoms. The van der Waals surface area contributed by atoms with E-state index in [-0.39, 0.29) is 23.5 Å². The number of hydrogen-bond acceptors (Lipinski definition) is 5. The fourth-order valence-electron chi connectivity index (χ4n) is 2.48. The molecule has 0 bridgehead atoms. The summed E-state index contributed by atoms with van der Waals surface area (Å²) in [5.41, 5.74) is 0.316. The van der Waals surface area contributed by atoms with Crippen LogP contribution in [0.1, 0.15) is 37.0 Å². The summed E-state index contributed by atoms with van der Waals surface area (Å²) in [6, 6.07) is 2.71. The molecule has 1 aliphatic rings. The second-order valence-electron chi connectivity index (χ2n) is 5.64. The lowest BCUT2D eigenvalue weighted by Crippen LogP contribution is -2.35. The van der Waals surface area contributed by atoms with Crippen molar-refractivity contribution in [2.75, 3.05) is 24.7 Å². The highest BCUT2D eigenvalue weighted by atomic mass is 35.5. The molecule has 1 N–H and O–H groups in total. The highest BCUT2D eigenvalue weighted by molar-refractivity contribution is 7.91. The maximum absolute atomic E-state index is 12.4. The molecule has 0 aromatic heterocycles. The van der Waals surface area contributed by atoms with Crippen molar-refractivity contribution in [2.45, 2.75) is 32.7 Å². The van der Waals surface area contributed by atoms with Gasteiger partial charge in [0.15, 0.2) is 21.3 Å². The van der Waals surface area contributed by atoms with Gasteiger partial charge in [0.1, 0.15) is 0 Å². The van der Waals surface area contributed by atoms with E-state index in [1.165, 1.54) is 6.07 Å². The Kier molecular flexibility index (Phi) is 6.34. The predicted octanol–water partition coefficient (Wildman–Crippen LogP) is 2.44. The van der Waals surface area contributed by atoms with Gasteiger partial charge in [0.25, 0.3) is 5.91 Å². The number of sulfone groups is 1. The molecule has 1 saturated heterocycles. The Labute approximate surface area is 147 Å². The van der Waals surface area contributed by atoms with Gasteiger partial charge in [-0.25, -0.2) is 8.42 Å². The molecule has 1 aromatic rings. The molecular weight excluding hydrogens is 354 g/mol. The van der Waals surface area contributed by atoms with Crippen LogP contribution in [0.2, 0.25) is 5.02 Å². The molecule has 1 heterocycles. The van der Waals surface area contributed by atoms with Gasteiger partial charge in [-0.15, -0.1) is 0 Å².